The Bertz CT molecular complexity index is 1350. The Kier molecular flexibility index (Phi) is 5.29. The summed E-state index contributed by atoms with van der Waals surface area (Å²) < 4.78 is 7.97. The molecule has 1 N–H and O–H groups in total. The minimum absolute atomic E-state index is 0.217. The third-order valence-corrected chi connectivity index (χ3v) is 5.09. The number of aromatic nitrogens is 4. The fourth-order valence-corrected chi connectivity index (χ4v) is 3.59. The Balaban J connectivity index is 1.71. The number of rotatable bonds is 5. The summed E-state index contributed by atoms with van der Waals surface area (Å²) >= 11 is 0. The molecular formula is C23H23N5O3. The van der Waals surface area contributed by atoms with Crippen molar-refractivity contribution < 1.29 is 9.53 Å². The van der Waals surface area contributed by atoms with Crippen LogP contribution >= 0.6 is 0 Å². The summed E-state index contributed by atoms with van der Waals surface area (Å²) in [6, 6.07) is 13.0. The molecule has 0 aliphatic carbocycles. The summed E-state index contributed by atoms with van der Waals surface area (Å²) in [6.07, 6.45) is 1.64. The minimum Gasteiger partial charge on any atom is -0.497 e. The minimum atomic E-state index is -0.376. The van der Waals surface area contributed by atoms with E-state index in [4.69, 9.17) is 4.74 Å². The molecule has 0 saturated carbocycles. The van der Waals surface area contributed by atoms with Crippen molar-refractivity contribution in [1.29, 1.82) is 0 Å². The van der Waals surface area contributed by atoms with Gasteiger partial charge in [0.05, 0.1) is 24.7 Å². The third kappa shape index (κ3) is 3.92. The highest BCUT2D eigenvalue weighted by atomic mass is 16.5. The summed E-state index contributed by atoms with van der Waals surface area (Å²) in [5.41, 5.74) is 4.17. The van der Waals surface area contributed by atoms with Crippen LogP contribution in [0.4, 0.5) is 5.69 Å². The zero-order valence-corrected chi connectivity index (χ0v) is 17.8. The molecule has 8 heteroatoms. The largest absolute Gasteiger partial charge is 0.497 e. The predicted molar refractivity (Wildman–Crippen MR) is 119 cm³/mol. The van der Waals surface area contributed by atoms with Gasteiger partial charge in [0, 0.05) is 17.1 Å². The van der Waals surface area contributed by atoms with Gasteiger partial charge in [-0.05, 0) is 44.5 Å². The number of ether oxygens (including phenoxy) is 1. The van der Waals surface area contributed by atoms with Gasteiger partial charge in [0.15, 0.2) is 0 Å². The number of aryl methyl sites for hydroxylation is 3. The first kappa shape index (κ1) is 20.3. The molecule has 0 saturated heterocycles. The maximum Gasteiger partial charge on any atom is 0.293 e. The lowest BCUT2D eigenvalue weighted by molar-refractivity contribution is -0.117. The highest BCUT2D eigenvalue weighted by molar-refractivity contribution is 5.91. The van der Waals surface area contributed by atoms with Gasteiger partial charge >= 0.3 is 0 Å². The number of amides is 1. The molecule has 0 atom stereocenters. The summed E-state index contributed by atoms with van der Waals surface area (Å²) in [5, 5.41) is 12.2. The molecule has 158 valence electrons. The van der Waals surface area contributed by atoms with Gasteiger partial charge in [0.1, 0.15) is 17.8 Å². The quantitative estimate of drug-likeness (QED) is 0.539. The van der Waals surface area contributed by atoms with Gasteiger partial charge in [0.2, 0.25) is 5.91 Å². The molecule has 2 heterocycles. The van der Waals surface area contributed by atoms with Crippen molar-refractivity contribution in [3.63, 3.8) is 0 Å². The molecule has 4 rings (SSSR count). The Morgan fingerprint density at radius 2 is 1.94 bits per heavy atom. The SMILES string of the molecule is COc1cccc(NC(=O)Cn2nc(C)c3cnn(-c4ccc(C)cc4C)c3c2=O)c1. The lowest BCUT2D eigenvalue weighted by Gasteiger charge is -2.11. The number of fused-ring (bicyclic) bond motifs is 1. The zero-order chi connectivity index (χ0) is 22.1. The topological polar surface area (TPSA) is 91.0 Å². The van der Waals surface area contributed by atoms with Crippen LogP contribution in [0.2, 0.25) is 0 Å². The van der Waals surface area contributed by atoms with Crippen LogP contribution < -0.4 is 15.6 Å². The Morgan fingerprint density at radius 1 is 1.13 bits per heavy atom. The monoisotopic (exact) mass is 417 g/mol. The van der Waals surface area contributed by atoms with E-state index >= 15 is 0 Å². The first-order valence-corrected chi connectivity index (χ1v) is 9.84. The summed E-state index contributed by atoms with van der Waals surface area (Å²) in [5.74, 6) is 0.266. The Labute approximate surface area is 179 Å². The molecule has 1 amide bonds. The molecule has 2 aromatic heterocycles. The lowest BCUT2D eigenvalue weighted by Crippen LogP contribution is -2.31. The molecule has 0 aliphatic rings. The van der Waals surface area contributed by atoms with Crippen LogP contribution in [0.15, 0.2) is 53.5 Å². The van der Waals surface area contributed by atoms with Gasteiger partial charge in [-0.1, -0.05) is 23.8 Å². The van der Waals surface area contributed by atoms with E-state index in [1.807, 2.05) is 32.0 Å². The van der Waals surface area contributed by atoms with E-state index in [1.54, 1.807) is 49.2 Å². The van der Waals surface area contributed by atoms with Crippen molar-refractivity contribution in [3.05, 3.63) is 75.8 Å². The summed E-state index contributed by atoms with van der Waals surface area (Å²) in [4.78, 5) is 25.8. The standard InChI is InChI=1S/C23H23N5O3/c1-14-8-9-20(15(2)10-14)28-22-19(12-24-28)16(3)26-27(23(22)30)13-21(29)25-17-6-5-7-18(11-17)31-4/h5-12H,13H2,1-4H3,(H,25,29). The van der Waals surface area contributed by atoms with Crippen LogP contribution in [0.3, 0.4) is 0 Å². The fourth-order valence-electron chi connectivity index (χ4n) is 3.59. The van der Waals surface area contributed by atoms with Gasteiger partial charge in [-0.3, -0.25) is 9.59 Å². The Hall–Kier alpha value is -3.94. The summed E-state index contributed by atoms with van der Waals surface area (Å²) in [7, 11) is 1.56. The molecule has 0 aliphatic heterocycles. The van der Waals surface area contributed by atoms with Crippen molar-refractivity contribution in [3.8, 4) is 11.4 Å². The molecule has 0 unspecified atom stereocenters. The van der Waals surface area contributed by atoms with Crippen LogP contribution in [0.25, 0.3) is 16.6 Å². The van der Waals surface area contributed by atoms with Crippen LogP contribution in [0.1, 0.15) is 16.8 Å². The second-order valence-corrected chi connectivity index (χ2v) is 7.44. The number of hydrogen-bond acceptors (Lipinski definition) is 5. The maximum absolute atomic E-state index is 13.2. The van der Waals surface area contributed by atoms with Gasteiger partial charge < -0.3 is 10.1 Å². The van der Waals surface area contributed by atoms with Crippen molar-refractivity contribution >= 4 is 22.5 Å². The number of nitrogens with zero attached hydrogens (tertiary/aromatic N) is 4. The molecule has 0 bridgehead atoms. The molecule has 8 nitrogen and oxygen atoms in total. The van der Waals surface area contributed by atoms with E-state index in [-0.39, 0.29) is 18.0 Å². The highest BCUT2D eigenvalue weighted by Crippen LogP contribution is 2.21. The number of nitrogens with one attached hydrogen (secondary N) is 1. The van der Waals surface area contributed by atoms with Crippen LogP contribution in [-0.4, -0.2) is 32.6 Å². The molecule has 0 spiro atoms. The third-order valence-electron chi connectivity index (χ3n) is 5.09. The molecule has 0 radical (unpaired) electrons. The Morgan fingerprint density at radius 3 is 2.68 bits per heavy atom. The highest BCUT2D eigenvalue weighted by Gasteiger charge is 2.17. The number of anilines is 1. The second kappa shape index (κ2) is 8.06. The number of hydrogen-bond donors (Lipinski definition) is 1. The number of methoxy groups -OCH3 is 1. The fraction of sp³-hybridized carbons (Fsp3) is 0.217. The van der Waals surface area contributed by atoms with Gasteiger partial charge in [-0.25, -0.2) is 9.36 Å². The molecule has 4 aromatic rings. The number of carbonyl (C=O) groups is 1. The van der Waals surface area contributed by atoms with E-state index in [1.165, 1.54) is 4.68 Å². The normalized spacial score (nSPS) is 11.0. The number of carbonyl (C=O) groups excluding carboxylic acids is 1. The maximum atomic E-state index is 13.2. The van der Waals surface area contributed by atoms with Gasteiger partial charge in [-0.15, -0.1) is 0 Å². The summed E-state index contributed by atoms with van der Waals surface area (Å²) in [6.45, 7) is 5.57. The molecule has 31 heavy (non-hydrogen) atoms. The lowest BCUT2D eigenvalue weighted by atomic mass is 10.1. The zero-order valence-electron chi connectivity index (χ0n) is 17.8. The molecule has 0 fully saturated rings. The van der Waals surface area contributed by atoms with Gasteiger partial charge in [0.25, 0.3) is 5.56 Å². The average Bonchev–Trinajstić information content (AvgIpc) is 3.17. The van der Waals surface area contributed by atoms with Gasteiger partial charge in [-0.2, -0.15) is 10.2 Å². The van der Waals surface area contributed by atoms with Crippen molar-refractivity contribution in [2.24, 2.45) is 0 Å². The average molecular weight is 417 g/mol. The van der Waals surface area contributed by atoms with E-state index in [9.17, 15) is 9.59 Å². The first-order valence-electron chi connectivity index (χ1n) is 9.84. The van der Waals surface area contributed by atoms with Crippen molar-refractivity contribution in [1.82, 2.24) is 19.6 Å². The smallest absolute Gasteiger partial charge is 0.293 e. The second-order valence-electron chi connectivity index (χ2n) is 7.44. The predicted octanol–water partition coefficient (Wildman–Crippen LogP) is 3.15. The van der Waals surface area contributed by atoms with E-state index in [0.717, 1.165) is 16.8 Å². The molecule has 2 aromatic carbocycles. The van der Waals surface area contributed by atoms with Crippen LogP contribution in [-0.2, 0) is 11.3 Å². The van der Waals surface area contributed by atoms with Crippen molar-refractivity contribution in [2.45, 2.75) is 27.3 Å². The van der Waals surface area contributed by atoms with Crippen LogP contribution in [0, 0.1) is 20.8 Å². The van der Waals surface area contributed by atoms with E-state index in [0.29, 0.717) is 28.0 Å². The first-order chi connectivity index (χ1) is 14.9. The van der Waals surface area contributed by atoms with E-state index in [2.05, 4.69) is 15.5 Å². The van der Waals surface area contributed by atoms with Crippen molar-refractivity contribution in [2.75, 3.05) is 12.4 Å². The molecular weight excluding hydrogens is 394 g/mol. The number of benzene rings is 2. The van der Waals surface area contributed by atoms with E-state index < -0.39 is 0 Å². The van der Waals surface area contributed by atoms with Crippen LogP contribution in [0.5, 0.6) is 5.75 Å².